The van der Waals surface area contributed by atoms with E-state index in [4.69, 9.17) is 0 Å². The third-order valence-corrected chi connectivity index (χ3v) is 4.31. The molecule has 1 aliphatic carbocycles. The first-order chi connectivity index (χ1) is 9.56. The van der Waals surface area contributed by atoms with Gasteiger partial charge in [-0.15, -0.1) is 0 Å². The van der Waals surface area contributed by atoms with Crippen LogP contribution in [0.5, 0.6) is 0 Å². The van der Waals surface area contributed by atoms with Crippen LogP contribution in [-0.2, 0) is 15.0 Å². The van der Waals surface area contributed by atoms with Gasteiger partial charge in [0.05, 0.1) is 5.41 Å². The Kier molecular flexibility index (Phi) is 3.00. The van der Waals surface area contributed by atoms with Crippen molar-refractivity contribution in [3.63, 3.8) is 0 Å². The Morgan fingerprint density at radius 3 is 2.75 bits per heavy atom. The molecule has 106 valence electrons. The Hall–Kier alpha value is -1.91. The van der Waals surface area contributed by atoms with Crippen LogP contribution in [0.2, 0.25) is 0 Å². The molecule has 2 amide bonds. The number of hydrogen-bond acceptors (Lipinski definition) is 2. The Labute approximate surface area is 117 Å². The molecule has 0 radical (unpaired) electrons. The maximum absolute atomic E-state index is 14.0. The molecule has 1 aromatic carbocycles. The molecule has 5 heteroatoms. The zero-order valence-corrected chi connectivity index (χ0v) is 11.4. The van der Waals surface area contributed by atoms with E-state index in [1.54, 1.807) is 30.0 Å². The molecule has 4 nitrogen and oxygen atoms in total. The standard InChI is InChI=1S/C15H17FN2O2/c1-10-13(19)17-8-9-18(10)14(20)15(6-7-15)11-4-2-3-5-12(11)16/h2-5,10H,6-9H2,1H3,(H,17,19). The molecule has 1 heterocycles. The summed E-state index contributed by atoms with van der Waals surface area (Å²) >= 11 is 0. The van der Waals surface area contributed by atoms with E-state index in [0.29, 0.717) is 31.5 Å². The van der Waals surface area contributed by atoms with Gasteiger partial charge in [0.2, 0.25) is 11.8 Å². The number of hydrogen-bond donors (Lipinski definition) is 1. The fraction of sp³-hybridized carbons (Fsp3) is 0.467. The Morgan fingerprint density at radius 2 is 2.10 bits per heavy atom. The predicted octanol–water partition coefficient (Wildman–Crippen LogP) is 1.20. The second kappa shape index (κ2) is 4.58. The average Bonchev–Trinajstić information content (AvgIpc) is 3.23. The molecule has 2 aliphatic rings. The van der Waals surface area contributed by atoms with E-state index >= 15 is 0 Å². The van der Waals surface area contributed by atoms with Gasteiger partial charge in [-0.3, -0.25) is 9.59 Å². The van der Waals surface area contributed by atoms with Crippen LogP contribution in [0.4, 0.5) is 4.39 Å². The van der Waals surface area contributed by atoms with Gasteiger partial charge < -0.3 is 10.2 Å². The van der Waals surface area contributed by atoms with E-state index in [-0.39, 0.29) is 17.6 Å². The van der Waals surface area contributed by atoms with E-state index in [1.807, 2.05) is 0 Å². The van der Waals surface area contributed by atoms with Crippen molar-refractivity contribution in [3.8, 4) is 0 Å². The highest BCUT2D eigenvalue weighted by molar-refractivity contribution is 5.95. The zero-order valence-electron chi connectivity index (χ0n) is 11.4. The lowest BCUT2D eigenvalue weighted by Gasteiger charge is -2.35. The van der Waals surface area contributed by atoms with Gasteiger partial charge >= 0.3 is 0 Å². The third kappa shape index (κ3) is 1.88. The van der Waals surface area contributed by atoms with Crippen LogP contribution in [0.25, 0.3) is 0 Å². The zero-order chi connectivity index (χ0) is 14.3. The molecular weight excluding hydrogens is 259 g/mol. The average molecular weight is 276 g/mol. The van der Waals surface area contributed by atoms with E-state index in [9.17, 15) is 14.0 Å². The summed E-state index contributed by atoms with van der Waals surface area (Å²) in [7, 11) is 0. The van der Waals surface area contributed by atoms with E-state index in [2.05, 4.69) is 5.32 Å². The fourth-order valence-electron chi connectivity index (χ4n) is 2.91. The maximum Gasteiger partial charge on any atom is 0.242 e. The van der Waals surface area contributed by atoms with Crippen molar-refractivity contribution in [1.29, 1.82) is 0 Å². The lowest BCUT2D eigenvalue weighted by molar-refractivity contribution is -0.144. The quantitative estimate of drug-likeness (QED) is 0.882. The number of carbonyl (C=O) groups excluding carboxylic acids is 2. The molecule has 0 bridgehead atoms. The molecule has 20 heavy (non-hydrogen) atoms. The van der Waals surface area contributed by atoms with Gasteiger partial charge in [0, 0.05) is 18.7 Å². The van der Waals surface area contributed by atoms with Crippen LogP contribution >= 0.6 is 0 Å². The molecule has 0 spiro atoms. The number of benzene rings is 1. The predicted molar refractivity (Wildman–Crippen MR) is 71.5 cm³/mol. The smallest absolute Gasteiger partial charge is 0.242 e. The minimum absolute atomic E-state index is 0.120. The van der Waals surface area contributed by atoms with E-state index in [0.717, 1.165) is 0 Å². The Morgan fingerprint density at radius 1 is 1.40 bits per heavy atom. The summed E-state index contributed by atoms with van der Waals surface area (Å²) < 4.78 is 14.0. The van der Waals surface area contributed by atoms with Crippen molar-refractivity contribution in [1.82, 2.24) is 10.2 Å². The number of nitrogens with zero attached hydrogens (tertiary/aromatic N) is 1. The molecule has 2 fully saturated rings. The first-order valence-corrected chi connectivity index (χ1v) is 6.90. The molecule has 0 aromatic heterocycles. The Bertz CT molecular complexity index is 569. The monoisotopic (exact) mass is 276 g/mol. The van der Waals surface area contributed by atoms with Crippen LogP contribution in [0.15, 0.2) is 24.3 Å². The number of carbonyl (C=O) groups is 2. The van der Waals surface area contributed by atoms with Crippen LogP contribution in [0, 0.1) is 5.82 Å². The maximum atomic E-state index is 14.0. The van der Waals surface area contributed by atoms with Gasteiger partial charge in [0.25, 0.3) is 0 Å². The van der Waals surface area contributed by atoms with Crippen LogP contribution in [-0.4, -0.2) is 35.8 Å². The largest absolute Gasteiger partial charge is 0.353 e. The van der Waals surface area contributed by atoms with Crippen molar-refractivity contribution < 1.29 is 14.0 Å². The highest BCUT2D eigenvalue weighted by Gasteiger charge is 2.55. The number of piperazine rings is 1. The molecule has 1 aromatic rings. The first-order valence-electron chi connectivity index (χ1n) is 6.90. The van der Waals surface area contributed by atoms with Crippen molar-refractivity contribution in [2.75, 3.05) is 13.1 Å². The van der Waals surface area contributed by atoms with Crippen LogP contribution in [0.1, 0.15) is 25.3 Å². The molecule has 1 saturated carbocycles. The summed E-state index contributed by atoms with van der Waals surface area (Å²) in [4.78, 5) is 26.0. The van der Waals surface area contributed by atoms with Gasteiger partial charge in [-0.25, -0.2) is 4.39 Å². The second-order valence-corrected chi connectivity index (χ2v) is 5.53. The second-order valence-electron chi connectivity index (χ2n) is 5.53. The number of rotatable bonds is 2. The molecule has 1 N–H and O–H groups in total. The van der Waals surface area contributed by atoms with Crippen molar-refractivity contribution >= 4 is 11.8 Å². The van der Waals surface area contributed by atoms with Crippen molar-refractivity contribution in [2.24, 2.45) is 0 Å². The third-order valence-electron chi connectivity index (χ3n) is 4.31. The normalized spacial score (nSPS) is 24.2. The molecule has 3 rings (SSSR count). The van der Waals surface area contributed by atoms with Gasteiger partial charge in [-0.1, -0.05) is 18.2 Å². The lowest BCUT2D eigenvalue weighted by atomic mass is 9.92. The summed E-state index contributed by atoms with van der Waals surface area (Å²) in [6.45, 7) is 2.66. The fourth-order valence-corrected chi connectivity index (χ4v) is 2.91. The highest BCUT2D eigenvalue weighted by Crippen LogP contribution is 2.50. The van der Waals surface area contributed by atoms with E-state index < -0.39 is 11.5 Å². The highest BCUT2D eigenvalue weighted by atomic mass is 19.1. The minimum atomic E-state index is -0.753. The molecule has 1 atom stereocenters. The Balaban J connectivity index is 1.91. The van der Waals surface area contributed by atoms with Crippen molar-refractivity contribution in [2.45, 2.75) is 31.2 Å². The SMILES string of the molecule is CC1C(=O)NCCN1C(=O)C1(c2ccccc2F)CC1. The first kappa shape index (κ1) is 13.1. The van der Waals surface area contributed by atoms with Crippen molar-refractivity contribution in [3.05, 3.63) is 35.6 Å². The van der Waals surface area contributed by atoms with Gasteiger partial charge in [-0.2, -0.15) is 0 Å². The minimum Gasteiger partial charge on any atom is -0.353 e. The number of amides is 2. The summed E-state index contributed by atoms with van der Waals surface area (Å²) in [6, 6.07) is 5.94. The molecular formula is C15H17FN2O2. The summed E-state index contributed by atoms with van der Waals surface area (Å²) in [6.07, 6.45) is 1.30. The molecule has 1 saturated heterocycles. The number of nitrogens with one attached hydrogen (secondary N) is 1. The summed E-state index contributed by atoms with van der Waals surface area (Å²) in [5.74, 6) is -0.605. The topological polar surface area (TPSA) is 49.4 Å². The van der Waals surface area contributed by atoms with E-state index in [1.165, 1.54) is 6.07 Å². The van der Waals surface area contributed by atoms with Crippen LogP contribution < -0.4 is 5.32 Å². The molecule has 1 unspecified atom stereocenters. The molecule has 1 aliphatic heterocycles. The number of halogens is 1. The van der Waals surface area contributed by atoms with Crippen LogP contribution in [0.3, 0.4) is 0 Å². The van der Waals surface area contributed by atoms with Gasteiger partial charge in [-0.05, 0) is 25.8 Å². The van der Waals surface area contributed by atoms with Gasteiger partial charge in [0.1, 0.15) is 11.9 Å². The summed E-state index contributed by atoms with van der Waals surface area (Å²) in [5, 5.41) is 2.73. The van der Waals surface area contributed by atoms with Gasteiger partial charge in [0.15, 0.2) is 0 Å². The lowest BCUT2D eigenvalue weighted by Crippen LogP contribution is -2.58. The summed E-state index contributed by atoms with van der Waals surface area (Å²) in [5.41, 5.74) is -0.291.